The molecule has 0 amide bonds. The van der Waals surface area contributed by atoms with Gasteiger partial charge in [-0.15, -0.1) is 0 Å². The molecule has 0 radical (unpaired) electrons. The van der Waals surface area contributed by atoms with Crippen LogP contribution in [0.4, 0.5) is 5.95 Å². The van der Waals surface area contributed by atoms with Gasteiger partial charge in [0.2, 0.25) is 11.2 Å². The Morgan fingerprint density at radius 1 is 1.35 bits per heavy atom. The van der Waals surface area contributed by atoms with Crippen LogP contribution >= 0.6 is 11.6 Å². The van der Waals surface area contributed by atoms with E-state index in [1.54, 1.807) is 17.1 Å². The van der Waals surface area contributed by atoms with Gasteiger partial charge in [-0.2, -0.15) is 20.1 Å². The van der Waals surface area contributed by atoms with E-state index in [-0.39, 0.29) is 5.28 Å². The van der Waals surface area contributed by atoms with Gasteiger partial charge in [0.25, 0.3) is 5.95 Å². The van der Waals surface area contributed by atoms with Crippen LogP contribution in [0.3, 0.4) is 0 Å². The number of rotatable bonds is 4. The predicted octanol–water partition coefficient (Wildman–Crippen LogP) is 2.56. The predicted molar refractivity (Wildman–Crippen MR) is 77.0 cm³/mol. The van der Waals surface area contributed by atoms with Gasteiger partial charge in [-0.05, 0) is 42.3 Å². The fraction of sp³-hybridized carbons (Fsp3) is 0.538. The molecule has 1 saturated carbocycles. The van der Waals surface area contributed by atoms with Gasteiger partial charge in [0, 0.05) is 18.9 Å². The van der Waals surface area contributed by atoms with Gasteiger partial charge in [0.15, 0.2) is 0 Å². The molecule has 1 N–H and O–H groups in total. The fourth-order valence-corrected chi connectivity index (χ4v) is 2.81. The van der Waals surface area contributed by atoms with Gasteiger partial charge >= 0.3 is 0 Å². The van der Waals surface area contributed by atoms with E-state index in [1.165, 1.54) is 19.3 Å². The fourth-order valence-electron chi connectivity index (χ4n) is 2.65. The molecule has 106 valence electrons. The number of halogens is 1. The molecule has 1 aliphatic carbocycles. The molecule has 2 unspecified atom stereocenters. The van der Waals surface area contributed by atoms with Gasteiger partial charge < -0.3 is 5.32 Å². The zero-order chi connectivity index (χ0) is 13.9. The first-order chi connectivity index (χ1) is 9.70. The van der Waals surface area contributed by atoms with Crippen molar-refractivity contribution < 1.29 is 0 Å². The molecule has 0 spiro atoms. The van der Waals surface area contributed by atoms with Gasteiger partial charge in [0.1, 0.15) is 0 Å². The van der Waals surface area contributed by atoms with E-state index in [0.29, 0.717) is 17.8 Å². The second kappa shape index (κ2) is 5.75. The topological polar surface area (TPSA) is 68.5 Å². The summed E-state index contributed by atoms with van der Waals surface area (Å²) in [6.07, 6.45) is 7.28. The molecular weight excluding hydrogens is 276 g/mol. The highest BCUT2D eigenvalue weighted by molar-refractivity contribution is 6.28. The van der Waals surface area contributed by atoms with Crippen LogP contribution in [-0.4, -0.2) is 31.3 Å². The van der Waals surface area contributed by atoms with Crippen molar-refractivity contribution in [1.29, 1.82) is 0 Å². The lowest BCUT2D eigenvalue weighted by Gasteiger charge is -2.11. The molecular formula is C13H17ClN6. The Labute approximate surface area is 122 Å². The van der Waals surface area contributed by atoms with Gasteiger partial charge in [-0.25, -0.2) is 4.68 Å². The van der Waals surface area contributed by atoms with Gasteiger partial charge in [0.05, 0.1) is 0 Å². The lowest BCUT2D eigenvalue weighted by Crippen LogP contribution is -2.15. The second-order valence-electron chi connectivity index (χ2n) is 5.34. The molecule has 2 aromatic heterocycles. The van der Waals surface area contributed by atoms with Crippen LogP contribution in [0.1, 0.15) is 26.2 Å². The van der Waals surface area contributed by atoms with Crippen molar-refractivity contribution in [2.75, 3.05) is 11.9 Å². The highest BCUT2D eigenvalue weighted by Crippen LogP contribution is 2.30. The third-order valence-electron chi connectivity index (χ3n) is 3.66. The first kappa shape index (κ1) is 13.3. The Morgan fingerprint density at radius 2 is 2.25 bits per heavy atom. The van der Waals surface area contributed by atoms with E-state index in [9.17, 15) is 0 Å². The maximum absolute atomic E-state index is 5.94. The largest absolute Gasteiger partial charge is 0.354 e. The Bertz CT molecular complexity index is 570. The lowest BCUT2D eigenvalue weighted by atomic mass is 10.1. The van der Waals surface area contributed by atoms with Crippen LogP contribution in [0.25, 0.3) is 5.95 Å². The lowest BCUT2D eigenvalue weighted by molar-refractivity contribution is 0.535. The Morgan fingerprint density at radius 3 is 2.95 bits per heavy atom. The van der Waals surface area contributed by atoms with E-state index >= 15 is 0 Å². The second-order valence-corrected chi connectivity index (χ2v) is 5.68. The highest BCUT2D eigenvalue weighted by atomic mass is 35.5. The molecule has 0 aromatic carbocycles. The summed E-state index contributed by atoms with van der Waals surface area (Å²) in [6.45, 7) is 3.18. The van der Waals surface area contributed by atoms with Crippen molar-refractivity contribution in [3.8, 4) is 5.95 Å². The van der Waals surface area contributed by atoms with Crippen molar-refractivity contribution >= 4 is 17.5 Å². The van der Waals surface area contributed by atoms with E-state index < -0.39 is 0 Å². The smallest absolute Gasteiger partial charge is 0.256 e. The molecule has 2 atom stereocenters. The Balaban J connectivity index is 1.70. The zero-order valence-corrected chi connectivity index (χ0v) is 12.1. The molecule has 0 aliphatic heterocycles. The first-order valence-corrected chi connectivity index (χ1v) is 7.24. The molecule has 7 heteroatoms. The minimum atomic E-state index is 0.174. The number of hydrogen-bond donors (Lipinski definition) is 1. The normalized spacial score (nSPS) is 22.1. The van der Waals surface area contributed by atoms with Crippen molar-refractivity contribution in [3.05, 3.63) is 23.7 Å². The van der Waals surface area contributed by atoms with E-state index in [0.717, 1.165) is 12.5 Å². The monoisotopic (exact) mass is 292 g/mol. The average Bonchev–Trinajstić information content (AvgIpc) is 3.07. The van der Waals surface area contributed by atoms with Crippen molar-refractivity contribution in [2.24, 2.45) is 11.8 Å². The Hall–Kier alpha value is -1.69. The third-order valence-corrected chi connectivity index (χ3v) is 3.83. The maximum atomic E-state index is 5.94. The summed E-state index contributed by atoms with van der Waals surface area (Å²) >= 11 is 5.94. The van der Waals surface area contributed by atoms with Crippen LogP contribution in [0.15, 0.2) is 18.5 Å². The van der Waals surface area contributed by atoms with Crippen molar-refractivity contribution in [2.45, 2.75) is 26.2 Å². The summed E-state index contributed by atoms with van der Waals surface area (Å²) in [7, 11) is 0. The highest BCUT2D eigenvalue weighted by Gasteiger charge is 2.21. The van der Waals surface area contributed by atoms with E-state index in [2.05, 4.69) is 32.3 Å². The van der Waals surface area contributed by atoms with E-state index in [4.69, 9.17) is 11.6 Å². The summed E-state index contributed by atoms with van der Waals surface area (Å²) in [6, 6.07) is 1.81. The number of anilines is 1. The zero-order valence-electron chi connectivity index (χ0n) is 11.3. The van der Waals surface area contributed by atoms with Gasteiger partial charge in [-0.3, -0.25) is 0 Å². The number of nitrogens with one attached hydrogen (secondary N) is 1. The number of nitrogens with zero attached hydrogens (tertiary/aromatic N) is 5. The minimum Gasteiger partial charge on any atom is -0.354 e. The van der Waals surface area contributed by atoms with Crippen molar-refractivity contribution in [1.82, 2.24) is 24.7 Å². The number of hydrogen-bond acceptors (Lipinski definition) is 5. The Kier molecular flexibility index (Phi) is 3.82. The molecule has 0 bridgehead atoms. The molecule has 6 nitrogen and oxygen atoms in total. The molecule has 1 fully saturated rings. The van der Waals surface area contributed by atoms with Crippen LogP contribution in [0.5, 0.6) is 0 Å². The summed E-state index contributed by atoms with van der Waals surface area (Å²) < 4.78 is 1.57. The van der Waals surface area contributed by atoms with Crippen molar-refractivity contribution in [3.63, 3.8) is 0 Å². The third kappa shape index (κ3) is 3.07. The summed E-state index contributed by atoms with van der Waals surface area (Å²) in [5, 5.41) is 7.53. The molecule has 3 rings (SSSR count). The van der Waals surface area contributed by atoms with Crippen LogP contribution in [0.2, 0.25) is 5.28 Å². The van der Waals surface area contributed by atoms with Crippen LogP contribution in [-0.2, 0) is 0 Å². The molecule has 2 heterocycles. The average molecular weight is 293 g/mol. The molecule has 0 saturated heterocycles. The SMILES string of the molecule is CC1CCC(CNc2nc(Cl)nc(-n3cccn3)n2)C1. The van der Waals surface area contributed by atoms with Crippen LogP contribution in [0, 0.1) is 11.8 Å². The summed E-state index contributed by atoms with van der Waals surface area (Å²) in [5.41, 5.74) is 0. The molecule has 2 aromatic rings. The number of aromatic nitrogens is 5. The quantitative estimate of drug-likeness (QED) is 0.938. The minimum absolute atomic E-state index is 0.174. The maximum Gasteiger partial charge on any atom is 0.256 e. The van der Waals surface area contributed by atoms with E-state index in [1.807, 2.05) is 6.07 Å². The first-order valence-electron chi connectivity index (χ1n) is 6.86. The standard InChI is InChI=1S/C13H17ClN6/c1-9-3-4-10(7-9)8-15-12-17-11(14)18-13(19-12)20-6-2-5-16-20/h2,5-6,9-10H,3-4,7-8H2,1H3,(H,15,17,18,19). The molecule has 1 aliphatic rings. The van der Waals surface area contributed by atoms with Gasteiger partial charge in [-0.1, -0.05) is 13.3 Å². The molecule has 20 heavy (non-hydrogen) atoms. The van der Waals surface area contributed by atoms with Crippen LogP contribution < -0.4 is 5.32 Å². The summed E-state index contributed by atoms with van der Waals surface area (Å²) in [5.74, 6) is 2.45. The summed E-state index contributed by atoms with van der Waals surface area (Å²) in [4.78, 5) is 12.5.